The van der Waals surface area contributed by atoms with Gasteiger partial charge in [0.05, 0.1) is 17.6 Å². The predicted octanol–water partition coefficient (Wildman–Crippen LogP) is 1.31. The average Bonchev–Trinajstić information content (AvgIpc) is 2.91. The van der Waals surface area contributed by atoms with Gasteiger partial charge >= 0.3 is 0 Å². The topological polar surface area (TPSA) is 71.8 Å². The third kappa shape index (κ3) is 1.38. The van der Waals surface area contributed by atoms with E-state index in [1.54, 1.807) is 15.4 Å². The van der Waals surface area contributed by atoms with Crippen molar-refractivity contribution >= 4 is 5.65 Å². The van der Waals surface area contributed by atoms with E-state index in [0.29, 0.717) is 11.2 Å². The van der Waals surface area contributed by atoms with E-state index in [1.807, 2.05) is 26.2 Å². The van der Waals surface area contributed by atoms with Gasteiger partial charge in [0.2, 0.25) is 0 Å². The number of aryl methyl sites for hydroxylation is 2. The number of fused-ring (bicyclic) bond motifs is 1. The number of rotatable bonds is 1. The molecule has 0 saturated carbocycles. The molecule has 0 atom stereocenters. The first kappa shape index (κ1) is 10.5. The molecule has 0 spiro atoms. The highest BCUT2D eigenvalue weighted by Crippen LogP contribution is 2.22. The molecular weight excluding hydrogens is 228 g/mol. The summed E-state index contributed by atoms with van der Waals surface area (Å²) in [5.74, 6) is 0. The van der Waals surface area contributed by atoms with Gasteiger partial charge in [-0.2, -0.15) is 15.5 Å². The molecule has 0 radical (unpaired) electrons. The molecule has 3 heterocycles. The normalized spacial score (nSPS) is 10.7. The average molecular weight is 238 g/mol. The Morgan fingerprint density at radius 2 is 2.22 bits per heavy atom. The molecule has 0 fully saturated rings. The van der Waals surface area contributed by atoms with E-state index in [9.17, 15) is 0 Å². The fraction of sp³-hybridized carbons (Fsp3) is 0.167. The second-order valence-electron chi connectivity index (χ2n) is 4.04. The highest BCUT2D eigenvalue weighted by atomic mass is 15.3. The van der Waals surface area contributed by atoms with Crippen molar-refractivity contribution in [3.05, 3.63) is 35.9 Å². The van der Waals surface area contributed by atoms with Gasteiger partial charge in [-0.25, -0.2) is 9.50 Å². The molecule has 6 nitrogen and oxygen atoms in total. The molecule has 3 aromatic rings. The summed E-state index contributed by atoms with van der Waals surface area (Å²) >= 11 is 0. The number of nitrogens with zero attached hydrogens (tertiary/aromatic N) is 6. The lowest BCUT2D eigenvalue weighted by atomic mass is 10.2. The van der Waals surface area contributed by atoms with Gasteiger partial charge in [0, 0.05) is 25.0 Å². The zero-order valence-electron chi connectivity index (χ0n) is 9.99. The van der Waals surface area contributed by atoms with Gasteiger partial charge in [-0.05, 0) is 13.0 Å². The maximum absolute atomic E-state index is 8.98. The summed E-state index contributed by atoms with van der Waals surface area (Å²) < 4.78 is 3.42. The van der Waals surface area contributed by atoms with Crippen molar-refractivity contribution in [3.63, 3.8) is 0 Å². The van der Waals surface area contributed by atoms with Crippen LogP contribution in [0.4, 0.5) is 0 Å². The molecule has 0 N–H and O–H groups in total. The monoisotopic (exact) mass is 238 g/mol. The van der Waals surface area contributed by atoms with Gasteiger partial charge in [0.1, 0.15) is 11.6 Å². The highest BCUT2D eigenvalue weighted by molar-refractivity contribution is 5.66. The molecular formula is C12H10N6. The van der Waals surface area contributed by atoms with Gasteiger partial charge in [0.15, 0.2) is 5.65 Å². The van der Waals surface area contributed by atoms with Crippen LogP contribution in [0.1, 0.15) is 11.3 Å². The summed E-state index contributed by atoms with van der Waals surface area (Å²) in [4.78, 5) is 4.19. The van der Waals surface area contributed by atoms with E-state index in [1.165, 1.54) is 6.20 Å². The minimum absolute atomic E-state index is 0.471. The van der Waals surface area contributed by atoms with Crippen molar-refractivity contribution in [1.29, 1.82) is 5.26 Å². The van der Waals surface area contributed by atoms with Crippen LogP contribution in [0.25, 0.3) is 16.9 Å². The largest absolute Gasteiger partial charge is 0.275 e. The lowest BCUT2D eigenvalue weighted by molar-refractivity contribution is 0.756. The Kier molecular flexibility index (Phi) is 2.13. The van der Waals surface area contributed by atoms with Crippen molar-refractivity contribution in [2.75, 3.05) is 0 Å². The van der Waals surface area contributed by atoms with Gasteiger partial charge in [-0.1, -0.05) is 0 Å². The van der Waals surface area contributed by atoms with Crippen molar-refractivity contribution in [2.45, 2.75) is 6.92 Å². The molecule has 0 aliphatic rings. The molecule has 3 rings (SSSR count). The van der Waals surface area contributed by atoms with Crippen LogP contribution < -0.4 is 0 Å². The van der Waals surface area contributed by atoms with Crippen molar-refractivity contribution in [2.24, 2.45) is 7.05 Å². The Bertz CT molecular complexity index is 774. The van der Waals surface area contributed by atoms with Crippen molar-refractivity contribution in [1.82, 2.24) is 24.4 Å². The van der Waals surface area contributed by atoms with Crippen LogP contribution in [0.15, 0.2) is 24.7 Å². The fourth-order valence-electron chi connectivity index (χ4n) is 2.03. The van der Waals surface area contributed by atoms with Crippen molar-refractivity contribution < 1.29 is 0 Å². The Balaban J connectivity index is 2.34. The third-order valence-electron chi connectivity index (χ3n) is 2.81. The molecule has 0 aliphatic heterocycles. The first-order valence-corrected chi connectivity index (χ1v) is 5.44. The molecule has 0 amide bonds. The van der Waals surface area contributed by atoms with E-state index < -0.39 is 0 Å². The zero-order chi connectivity index (χ0) is 12.7. The summed E-state index contributed by atoms with van der Waals surface area (Å²) in [5, 5.41) is 17.5. The quantitative estimate of drug-likeness (QED) is 0.640. The number of nitriles is 1. The van der Waals surface area contributed by atoms with E-state index in [0.717, 1.165) is 17.0 Å². The Hall–Kier alpha value is -2.68. The summed E-state index contributed by atoms with van der Waals surface area (Å²) in [6, 6.07) is 3.95. The van der Waals surface area contributed by atoms with E-state index in [4.69, 9.17) is 5.26 Å². The molecule has 0 unspecified atom stereocenters. The second-order valence-corrected chi connectivity index (χ2v) is 4.04. The predicted molar refractivity (Wildman–Crippen MR) is 64.6 cm³/mol. The summed E-state index contributed by atoms with van der Waals surface area (Å²) in [7, 11) is 1.87. The first-order valence-electron chi connectivity index (χ1n) is 5.44. The van der Waals surface area contributed by atoms with Gasteiger partial charge in [-0.15, -0.1) is 0 Å². The summed E-state index contributed by atoms with van der Waals surface area (Å²) in [6.07, 6.45) is 5.13. The standard InChI is InChI=1S/C12H10N6/c1-8-10(7-17(2)16-8)11-3-4-14-12-9(5-13)6-15-18(11)12/h3-4,6-7H,1-2H3. The van der Waals surface area contributed by atoms with Crippen LogP contribution >= 0.6 is 0 Å². The van der Waals surface area contributed by atoms with Crippen LogP contribution in [-0.4, -0.2) is 24.4 Å². The third-order valence-corrected chi connectivity index (χ3v) is 2.81. The van der Waals surface area contributed by atoms with E-state index >= 15 is 0 Å². The molecule has 0 saturated heterocycles. The first-order chi connectivity index (χ1) is 8.70. The number of hydrogen-bond acceptors (Lipinski definition) is 4. The van der Waals surface area contributed by atoms with Crippen LogP contribution in [0.5, 0.6) is 0 Å². The van der Waals surface area contributed by atoms with Crippen LogP contribution in [0.2, 0.25) is 0 Å². The van der Waals surface area contributed by atoms with Gasteiger partial charge < -0.3 is 0 Å². The smallest absolute Gasteiger partial charge is 0.173 e. The lowest BCUT2D eigenvalue weighted by Crippen LogP contribution is -1.96. The van der Waals surface area contributed by atoms with Gasteiger partial charge in [-0.3, -0.25) is 4.68 Å². The minimum atomic E-state index is 0.471. The highest BCUT2D eigenvalue weighted by Gasteiger charge is 2.13. The number of hydrogen-bond donors (Lipinski definition) is 0. The fourth-order valence-corrected chi connectivity index (χ4v) is 2.03. The van der Waals surface area contributed by atoms with E-state index in [2.05, 4.69) is 21.3 Å². The molecule has 3 aromatic heterocycles. The lowest BCUT2D eigenvalue weighted by Gasteiger charge is -2.02. The molecule has 0 aromatic carbocycles. The van der Waals surface area contributed by atoms with E-state index in [-0.39, 0.29) is 0 Å². The molecule has 0 aliphatic carbocycles. The summed E-state index contributed by atoms with van der Waals surface area (Å²) in [6.45, 7) is 1.94. The molecule has 6 heteroatoms. The minimum Gasteiger partial charge on any atom is -0.275 e. The zero-order valence-corrected chi connectivity index (χ0v) is 9.99. The Labute approximate surface area is 103 Å². The Morgan fingerprint density at radius 3 is 2.89 bits per heavy atom. The van der Waals surface area contributed by atoms with Gasteiger partial charge in [0.25, 0.3) is 0 Å². The van der Waals surface area contributed by atoms with Crippen LogP contribution in [0.3, 0.4) is 0 Å². The second kappa shape index (κ2) is 3.67. The SMILES string of the molecule is Cc1nn(C)cc1-c1ccnc2c(C#N)cnn12. The van der Waals surface area contributed by atoms with Crippen LogP contribution in [-0.2, 0) is 7.05 Å². The molecule has 88 valence electrons. The maximum Gasteiger partial charge on any atom is 0.173 e. The maximum atomic E-state index is 8.98. The Morgan fingerprint density at radius 1 is 1.39 bits per heavy atom. The molecule has 18 heavy (non-hydrogen) atoms. The summed E-state index contributed by atoms with van der Waals surface area (Å²) in [5.41, 5.74) is 3.82. The molecule has 0 bridgehead atoms. The van der Waals surface area contributed by atoms with Crippen LogP contribution in [0, 0.1) is 18.3 Å². The van der Waals surface area contributed by atoms with Crippen molar-refractivity contribution in [3.8, 4) is 17.3 Å². The number of aromatic nitrogens is 5.